The highest BCUT2D eigenvalue weighted by molar-refractivity contribution is 6.07. The number of aryl methyl sites for hydroxylation is 1. The second-order valence-corrected chi connectivity index (χ2v) is 6.28. The summed E-state index contributed by atoms with van der Waals surface area (Å²) in [6.45, 7) is 1.73. The number of phenolic OH excluding ortho intramolecular Hbond substituents is 1. The lowest BCUT2D eigenvalue weighted by Gasteiger charge is -2.09. The lowest BCUT2D eigenvalue weighted by molar-refractivity contribution is 0.0847. The van der Waals surface area contributed by atoms with Crippen molar-refractivity contribution < 1.29 is 19.2 Å². The van der Waals surface area contributed by atoms with Gasteiger partial charge in [-0.05, 0) is 44.0 Å². The third kappa shape index (κ3) is 2.97. The number of amides is 2. The summed E-state index contributed by atoms with van der Waals surface area (Å²) >= 11 is 0. The molecule has 0 aliphatic heterocycles. The minimum absolute atomic E-state index is 0.0333. The number of fused-ring (bicyclic) bond motifs is 1. The maximum atomic E-state index is 12.6. The first-order chi connectivity index (χ1) is 12.5. The third-order valence-corrected chi connectivity index (χ3v) is 4.28. The van der Waals surface area contributed by atoms with Gasteiger partial charge in [0.05, 0.1) is 16.6 Å². The van der Waals surface area contributed by atoms with Gasteiger partial charge in [-0.1, -0.05) is 11.2 Å². The molecule has 0 radical (unpaired) electrons. The standard InChI is InChI=1S/C18H16N4O4/c1-9-15-13(8-14(10-5-6-10)19-18(15)26-22-9)17(25)21-20-16(24)11-3-2-4-12(23)7-11/h2-4,7-8,10,23H,5-6H2,1H3,(H,20,24)(H,21,25). The number of aromatic hydroxyl groups is 1. The van der Waals surface area contributed by atoms with Gasteiger partial charge in [-0.2, -0.15) is 0 Å². The second kappa shape index (κ2) is 6.14. The van der Waals surface area contributed by atoms with Gasteiger partial charge in [0, 0.05) is 17.2 Å². The first-order valence-electron chi connectivity index (χ1n) is 8.19. The van der Waals surface area contributed by atoms with Gasteiger partial charge in [0.2, 0.25) is 0 Å². The minimum Gasteiger partial charge on any atom is -0.508 e. The van der Waals surface area contributed by atoms with Crippen LogP contribution in [0.1, 0.15) is 50.9 Å². The number of nitrogens with zero attached hydrogens (tertiary/aromatic N) is 2. The van der Waals surface area contributed by atoms with Crippen LogP contribution < -0.4 is 10.9 Å². The van der Waals surface area contributed by atoms with E-state index in [1.54, 1.807) is 19.1 Å². The van der Waals surface area contributed by atoms with E-state index >= 15 is 0 Å². The summed E-state index contributed by atoms with van der Waals surface area (Å²) in [5.74, 6) is -0.727. The number of aromatic nitrogens is 2. The van der Waals surface area contributed by atoms with E-state index in [2.05, 4.69) is 21.0 Å². The lowest BCUT2D eigenvalue weighted by Crippen LogP contribution is -2.41. The topological polar surface area (TPSA) is 117 Å². The predicted molar refractivity (Wildman–Crippen MR) is 91.6 cm³/mol. The van der Waals surface area contributed by atoms with E-state index in [-0.39, 0.29) is 11.3 Å². The van der Waals surface area contributed by atoms with Crippen molar-refractivity contribution in [1.82, 2.24) is 21.0 Å². The van der Waals surface area contributed by atoms with Crippen molar-refractivity contribution >= 4 is 22.9 Å². The van der Waals surface area contributed by atoms with Gasteiger partial charge in [0.15, 0.2) is 0 Å². The fourth-order valence-electron chi connectivity index (χ4n) is 2.78. The zero-order valence-corrected chi connectivity index (χ0v) is 13.9. The number of carbonyl (C=O) groups is 2. The Bertz CT molecular complexity index is 1020. The van der Waals surface area contributed by atoms with E-state index in [1.807, 2.05) is 0 Å². The highest BCUT2D eigenvalue weighted by Gasteiger charge is 2.28. The molecule has 132 valence electrons. The number of hydrogen-bond acceptors (Lipinski definition) is 6. The van der Waals surface area contributed by atoms with E-state index in [4.69, 9.17) is 4.52 Å². The predicted octanol–water partition coefficient (Wildman–Crippen LogP) is 2.19. The number of pyridine rings is 1. The first kappa shape index (κ1) is 16.1. The van der Waals surface area contributed by atoms with Gasteiger partial charge in [0.25, 0.3) is 17.5 Å². The molecular formula is C18H16N4O4. The number of hydrazine groups is 1. The summed E-state index contributed by atoms with van der Waals surface area (Å²) in [7, 11) is 0. The third-order valence-electron chi connectivity index (χ3n) is 4.28. The van der Waals surface area contributed by atoms with Crippen LogP contribution in [-0.4, -0.2) is 27.1 Å². The van der Waals surface area contributed by atoms with Crippen molar-refractivity contribution in [1.29, 1.82) is 0 Å². The van der Waals surface area contributed by atoms with Crippen molar-refractivity contribution in [3.05, 3.63) is 52.8 Å². The van der Waals surface area contributed by atoms with Gasteiger partial charge in [0.1, 0.15) is 5.75 Å². The Balaban J connectivity index is 1.58. The van der Waals surface area contributed by atoms with Gasteiger partial charge in [-0.3, -0.25) is 20.4 Å². The molecule has 1 aliphatic rings. The van der Waals surface area contributed by atoms with Gasteiger partial charge < -0.3 is 9.63 Å². The van der Waals surface area contributed by atoms with Gasteiger partial charge in [-0.15, -0.1) is 0 Å². The van der Waals surface area contributed by atoms with Crippen LogP contribution in [0.2, 0.25) is 0 Å². The van der Waals surface area contributed by atoms with Crippen LogP contribution in [0.4, 0.5) is 0 Å². The summed E-state index contributed by atoms with van der Waals surface area (Å²) < 4.78 is 5.21. The van der Waals surface area contributed by atoms with Crippen molar-refractivity contribution in [2.75, 3.05) is 0 Å². The van der Waals surface area contributed by atoms with Crippen molar-refractivity contribution in [3.8, 4) is 5.75 Å². The van der Waals surface area contributed by atoms with Gasteiger partial charge >= 0.3 is 0 Å². The van der Waals surface area contributed by atoms with E-state index in [0.717, 1.165) is 18.5 Å². The number of nitrogens with one attached hydrogen (secondary N) is 2. The molecule has 0 spiro atoms. The molecule has 4 rings (SSSR count). The van der Waals surface area contributed by atoms with Crippen LogP contribution in [0.5, 0.6) is 5.75 Å². The zero-order valence-electron chi connectivity index (χ0n) is 13.9. The Kier molecular flexibility index (Phi) is 3.80. The fourth-order valence-corrected chi connectivity index (χ4v) is 2.78. The Labute approximate surface area is 148 Å². The Morgan fingerprint density at radius 1 is 1.19 bits per heavy atom. The molecule has 26 heavy (non-hydrogen) atoms. The Morgan fingerprint density at radius 2 is 1.96 bits per heavy atom. The summed E-state index contributed by atoms with van der Waals surface area (Å²) in [6, 6.07) is 7.56. The molecule has 1 aromatic carbocycles. The summed E-state index contributed by atoms with van der Waals surface area (Å²) in [4.78, 5) is 29.2. The molecule has 2 aromatic heterocycles. The fraction of sp³-hybridized carbons (Fsp3) is 0.222. The molecule has 0 saturated heterocycles. The largest absolute Gasteiger partial charge is 0.508 e. The molecule has 1 fully saturated rings. The van der Waals surface area contributed by atoms with E-state index in [1.165, 1.54) is 18.2 Å². The molecular weight excluding hydrogens is 336 g/mol. The Morgan fingerprint density at radius 3 is 2.69 bits per heavy atom. The van der Waals surface area contributed by atoms with Crippen LogP contribution in [0.3, 0.4) is 0 Å². The summed E-state index contributed by atoms with van der Waals surface area (Å²) in [5, 5.41) is 13.8. The molecule has 1 aliphatic carbocycles. The van der Waals surface area contributed by atoms with Crippen LogP contribution in [0, 0.1) is 6.92 Å². The first-order valence-corrected chi connectivity index (χ1v) is 8.19. The summed E-state index contributed by atoms with van der Waals surface area (Å²) in [5.41, 5.74) is 6.98. The van der Waals surface area contributed by atoms with Crippen LogP contribution in [-0.2, 0) is 0 Å². The second-order valence-electron chi connectivity index (χ2n) is 6.28. The van der Waals surface area contributed by atoms with Crippen LogP contribution >= 0.6 is 0 Å². The average Bonchev–Trinajstić information content (AvgIpc) is 3.42. The molecule has 3 N–H and O–H groups in total. The highest BCUT2D eigenvalue weighted by atomic mass is 16.5. The molecule has 3 aromatic rings. The molecule has 0 atom stereocenters. The number of carbonyl (C=O) groups excluding carboxylic acids is 2. The van der Waals surface area contributed by atoms with Crippen LogP contribution in [0.25, 0.3) is 11.1 Å². The number of benzene rings is 1. The van der Waals surface area contributed by atoms with Crippen molar-refractivity contribution in [3.63, 3.8) is 0 Å². The number of phenols is 1. The monoisotopic (exact) mass is 352 g/mol. The van der Waals surface area contributed by atoms with E-state index in [9.17, 15) is 14.7 Å². The SMILES string of the molecule is Cc1noc2nc(C3CC3)cc(C(=O)NNC(=O)c3cccc(O)c3)c12. The van der Waals surface area contributed by atoms with E-state index in [0.29, 0.717) is 28.3 Å². The van der Waals surface area contributed by atoms with Gasteiger partial charge in [-0.25, -0.2) is 4.98 Å². The van der Waals surface area contributed by atoms with E-state index < -0.39 is 11.8 Å². The Hall–Kier alpha value is -3.42. The zero-order chi connectivity index (χ0) is 18.3. The smallest absolute Gasteiger partial charge is 0.270 e. The molecule has 2 amide bonds. The highest BCUT2D eigenvalue weighted by Crippen LogP contribution is 2.40. The minimum atomic E-state index is -0.538. The quantitative estimate of drug-likeness (QED) is 0.622. The summed E-state index contributed by atoms with van der Waals surface area (Å²) in [6.07, 6.45) is 2.06. The average molecular weight is 352 g/mol. The normalized spacial score (nSPS) is 13.6. The molecule has 8 heteroatoms. The van der Waals surface area contributed by atoms with Crippen molar-refractivity contribution in [2.45, 2.75) is 25.7 Å². The molecule has 0 unspecified atom stereocenters. The lowest BCUT2D eigenvalue weighted by atomic mass is 10.1. The number of hydrogen-bond donors (Lipinski definition) is 3. The molecule has 0 bridgehead atoms. The molecule has 1 saturated carbocycles. The van der Waals surface area contributed by atoms with Crippen molar-refractivity contribution in [2.24, 2.45) is 0 Å². The maximum absolute atomic E-state index is 12.6. The van der Waals surface area contributed by atoms with Crippen LogP contribution in [0.15, 0.2) is 34.9 Å². The number of rotatable bonds is 3. The molecule has 2 heterocycles. The molecule has 8 nitrogen and oxygen atoms in total. The maximum Gasteiger partial charge on any atom is 0.270 e.